The van der Waals surface area contributed by atoms with E-state index >= 15 is 0 Å². The van der Waals surface area contributed by atoms with E-state index in [2.05, 4.69) is 10.2 Å². The third-order valence-corrected chi connectivity index (χ3v) is 3.73. The van der Waals surface area contributed by atoms with E-state index in [1.807, 2.05) is 13.0 Å². The van der Waals surface area contributed by atoms with Gasteiger partial charge >= 0.3 is 11.8 Å². The standard InChI is InChI=1S/C16H24N4O3/c1-2-23-14-6-4-3-5-13(14)18-15(21)16(22)20-11-9-19(8-7-17)10-12-20/h3-6H,2,7-12,17H2,1H3,(H,18,21). The average molecular weight is 320 g/mol. The predicted octanol–water partition coefficient (Wildman–Crippen LogP) is 0.127. The molecule has 2 rings (SSSR count). The molecule has 1 aliphatic rings. The van der Waals surface area contributed by atoms with Crippen LogP contribution in [0.4, 0.5) is 5.69 Å². The van der Waals surface area contributed by atoms with Crippen LogP contribution < -0.4 is 15.8 Å². The van der Waals surface area contributed by atoms with Crippen molar-refractivity contribution in [2.45, 2.75) is 6.92 Å². The van der Waals surface area contributed by atoms with Gasteiger partial charge in [0.25, 0.3) is 0 Å². The molecule has 0 atom stereocenters. The molecular formula is C16H24N4O3. The molecule has 2 amide bonds. The molecule has 0 spiro atoms. The van der Waals surface area contributed by atoms with E-state index in [0.717, 1.165) is 19.6 Å². The van der Waals surface area contributed by atoms with Crippen molar-refractivity contribution in [3.63, 3.8) is 0 Å². The van der Waals surface area contributed by atoms with Crippen LogP contribution in [0.2, 0.25) is 0 Å². The van der Waals surface area contributed by atoms with Crippen molar-refractivity contribution in [1.29, 1.82) is 0 Å². The Kier molecular flexibility index (Phi) is 6.37. The Balaban J connectivity index is 1.92. The van der Waals surface area contributed by atoms with Gasteiger partial charge in [0.2, 0.25) is 0 Å². The summed E-state index contributed by atoms with van der Waals surface area (Å²) < 4.78 is 5.45. The fourth-order valence-corrected chi connectivity index (χ4v) is 2.53. The number of rotatable bonds is 5. The summed E-state index contributed by atoms with van der Waals surface area (Å²) in [4.78, 5) is 28.2. The van der Waals surface area contributed by atoms with Gasteiger partial charge in [-0.1, -0.05) is 12.1 Å². The summed E-state index contributed by atoms with van der Waals surface area (Å²) in [6.45, 7) is 6.34. The number of benzene rings is 1. The fourth-order valence-electron chi connectivity index (χ4n) is 2.53. The Morgan fingerprint density at radius 3 is 2.57 bits per heavy atom. The Morgan fingerprint density at radius 1 is 1.22 bits per heavy atom. The molecule has 0 radical (unpaired) electrons. The van der Waals surface area contributed by atoms with E-state index in [4.69, 9.17) is 10.5 Å². The third kappa shape index (κ3) is 4.67. The summed E-state index contributed by atoms with van der Waals surface area (Å²) >= 11 is 0. The molecule has 0 saturated carbocycles. The SMILES string of the molecule is CCOc1ccccc1NC(=O)C(=O)N1CCN(CCN)CC1. The first-order chi connectivity index (χ1) is 11.2. The highest BCUT2D eigenvalue weighted by atomic mass is 16.5. The van der Waals surface area contributed by atoms with Crippen molar-refractivity contribution in [2.75, 3.05) is 51.2 Å². The molecule has 1 aromatic carbocycles. The summed E-state index contributed by atoms with van der Waals surface area (Å²) in [6, 6.07) is 7.08. The second kappa shape index (κ2) is 8.50. The maximum absolute atomic E-state index is 12.3. The molecule has 126 valence electrons. The molecule has 0 bridgehead atoms. The highest BCUT2D eigenvalue weighted by Crippen LogP contribution is 2.23. The Morgan fingerprint density at radius 2 is 1.91 bits per heavy atom. The maximum atomic E-state index is 12.3. The number of hydrogen-bond donors (Lipinski definition) is 2. The zero-order chi connectivity index (χ0) is 16.7. The zero-order valence-electron chi connectivity index (χ0n) is 13.5. The van der Waals surface area contributed by atoms with Crippen LogP contribution in [0.15, 0.2) is 24.3 Å². The quantitative estimate of drug-likeness (QED) is 0.753. The van der Waals surface area contributed by atoms with E-state index in [9.17, 15) is 9.59 Å². The Bertz CT molecular complexity index is 542. The van der Waals surface area contributed by atoms with Gasteiger partial charge in [-0.3, -0.25) is 14.5 Å². The average Bonchev–Trinajstić information content (AvgIpc) is 2.57. The van der Waals surface area contributed by atoms with Crippen LogP contribution in [-0.2, 0) is 9.59 Å². The first-order valence-electron chi connectivity index (χ1n) is 7.90. The van der Waals surface area contributed by atoms with Crippen LogP contribution in [0.1, 0.15) is 6.92 Å². The Hall–Kier alpha value is -2.12. The van der Waals surface area contributed by atoms with Crippen LogP contribution in [0.3, 0.4) is 0 Å². The minimum absolute atomic E-state index is 0.490. The highest BCUT2D eigenvalue weighted by molar-refractivity contribution is 6.39. The smallest absolute Gasteiger partial charge is 0.314 e. The number of para-hydroxylation sites is 2. The lowest BCUT2D eigenvalue weighted by Gasteiger charge is -2.34. The van der Waals surface area contributed by atoms with Crippen molar-refractivity contribution >= 4 is 17.5 Å². The number of carbonyl (C=O) groups excluding carboxylic acids is 2. The van der Waals surface area contributed by atoms with Crippen LogP contribution in [-0.4, -0.2) is 67.5 Å². The third-order valence-electron chi connectivity index (χ3n) is 3.73. The van der Waals surface area contributed by atoms with Gasteiger partial charge in [0.05, 0.1) is 12.3 Å². The highest BCUT2D eigenvalue weighted by Gasteiger charge is 2.26. The number of ether oxygens (including phenoxy) is 1. The number of nitrogens with one attached hydrogen (secondary N) is 1. The predicted molar refractivity (Wildman–Crippen MR) is 88.3 cm³/mol. The number of amides is 2. The summed E-state index contributed by atoms with van der Waals surface area (Å²) in [6.07, 6.45) is 0. The molecule has 1 heterocycles. The Labute approximate surface area is 136 Å². The molecule has 0 aliphatic carbocycles. The van der Waals surface area contributed by atoms with Gasteiger partial charge in [0, 0.05) is 39.3 Å². The lowest BCUT2D eigenvalue weighted by Crippen LogP contribution is -2.52. The number of carbonyl (C=O) groups is 2. The number of piperazine rings is 1. The topological polar surface area (TPSA) is 87.9 Å². The van der Waals surface area contributed by atoms with E-state index in [0.29, 0.717) is 37.7 Å². The van der Waals surface area contributed by atoms with Crippen molar-refractivity contribution in [2.24, 2.45) is 5.73 Å². The van der Waals surface area contributed by atoms with Crippen LogP contribution in [0.25, 0.3) is 0 Å². The molecule has 0 aromatic heterocycles. The fraction of sp³-hybridized carbons (Fsp3) is 0.500. The molecule has 7 heteroatoms. The number of nitrogens with two attached hydrogens (primary N) is 1. The first kappa shape index (κ1) is 17.2. The molecule has 23 heavy (non-hydrogen) atoms. The van der Waals surface area contributed by atoms with Crippen molar-refractivity contribution in [1.82, 2.24) is 9.80 Å². The van der Waals surface area contributed by atoms with Gasteiger partial charge in [-0.25, -0.2) is 0 Å². The van der Waals surface area contributed by atoms with Gasteiger partial charge in [-0.2, -0.15) is 0 Å². The van der Waals surface area contributed by atoms with E-state index < -0.39 is 11.8 Å². The summed E-state index contributed by atoms with van der Waals surface area (Å²) in [7, 11) is 0. The van der Waals surface area contributed by atoms with Gasteiger partial charge in [-0.15, -0.1) is 0 Å². The second-order valence-electron chi connectivity index (χ2n) is 5.31. The molecular weight excluding hydrogens is 296 g/mol. The van der Waals surface area contributed by atoms with E-state index in [1.54, 1.807) is 23.1 Å². The largest absolute Gasteiger partial charge is 0.492 e. The summed E-state index contributed by atoms with van der Waals surface area (Å²) in [5.41, 5.74) is 6.04. The van der Waals surface area contributed by atoms with E-state index in [1.165, 1.54) is 0 Å². The minimum Gasteiger partial charge on any atom is -0.492 e. The minimum atomic E-state index is -0.635. The molecule has 3 N–H and O–H groups in total. The van der Waals surface area contributed by atoms with Gasteiger partial charge < -0.3 is 20.7 Å². The van der Waals surface area contributed by atoms with Crippen LogP contribution in [0, 0.1) is 0 Å². The van der Waals surface area contributed by atoms with Crippen LogP contribution in [0.5, 0.6) is 5.75 Å². The molecule has 1 aromatic rings. The lowest BCUT2D eigenvalue weighted by atomic mass is 10.2. The monoisotopic (exact) mass is 320 g/mol. The van der Waals surface area contributed by atoms with Crippen LogP contribution >= 0.6 is 0 Å². The van der Waals surface area contributed by atoms with Crippen molar-refractivity contribution in [3.05, 3.63) is 24.3 Å². The second-order valence-corrected chi connectivity index (χ2v) is 5.31. The zero-order valence-corrected chi connectivity index (χ0v) is 13.5. The normalized spacial score (nSPS) is 15.3. The number of anilines is 1. The van der Waals surface area contributed by atoms with Crippen molar-refractivity contribution < 1.29 is 14.3 Å². The summed E-state index contributed by atoms with van der Waals surface area (Å²) in [5.74, 6) is -0.586. The van der Waals surface area contributed by atoms with Gasteiger partial charge in [-0.05, 0) is 19.1 Å². The molecule has 7 nitrogen and oxygen atoms in total. The van der Waals surface area contributed by atoms with Crippen molar-refractivity contribution in [3.8, 4) is 5.75 Å². The van der Waals surface area contributed by atoms with E-state index in [-0.39, 0.29) is 0 Å². The molecule has 1 aliphatic heterocycles. The number of nitrogens with zero attached hydrogens (tertiary/aromatic N) is 2. The molecule has 0 unspecified atom stereocenters. The maximum Gasteiger partial charge on any atom is 0.314 e. The molecule has 1 saturated heterocycles. The molecule has 1 fully saturated rings. The number of hydrogen-bond acceptors (Lipinski definition) is 5. The lowest BCUT2D eigenvalue weighted by molar-refractivity contribution is -0.144. The summed E-state index contributed by atoms with van der Waals surface area (Å²) in [5, 5.41) is 2.64. The first-order valence-corrected chi connectivity index (χ1v) is 7.90. The van der Waals surface area contributed by atoms with Gasteiger partial charge in [0.1, 0.15) is 5.75 Å². The van der Waals surface area contributed by atoms with Gasteiger partial charge in [0.15, 0.2) is 0 Å².